The van der Waals surface area contributed by atoms with E-state index in [0.29, 0.717) is 5.11 Å². The average molecular weight is 328 g/mol. The molecule has 1 aromatic carbocycles. The number of nitrogens with one attached hydrogen (secondary N) is 2. The molecule has 4 nitrogen and oxygen atoms in total. The monoisotopic (exact) mass is 328 g/mol. The van der Waals surface area contributed by atoms with Gasteiger partial charge in [-0.05, 0) is 69.0 Å². The maximum Gasteiger partial charge on any atom is 0.170 e. The Labute approximate surface area is 143 Å². The lowest BCUT2D eigenvalue weighted by molar-refractivity contribution is 0.298. The molecule has 2 aromatic rings. The number of aryl methyl sites for hydroxylation is 2. The van der Waals surface area contributed by atoms with Gasteiger partial charge in [-0.15, -0.1) is 0 Å². The molecule has 23 heavy (non-hydrogen) atoms. The number of nitrogens with zero attached hydrogens (tertiary/aromatic N) is 2. The van der Waals surface area contributed by atoms with Gasteiger partial charge in [-0.25, -0.2) is 0 Å². The molecule has 0 saturated carbocycles. The van der Waals surface area contributed by atoms with Crippen LogP contribution < -0.4 is 10.6 Å². The molecule has 0 aliphatic rings. The molecule has 1 heterocycles. The van der Waals surface area contributed by atoms with Crippen LogP contribution in [-0.4, -0.2) is 35.6 Å². The molecule has 0 radical (unpaired) electrons. The smallest absolute Gasteiger partial charge is 0.170 e. The van der Waals surface area contributed by atoms with Crippen LogP contribution in [0.5, 0.6) is 0 Å². The maximum atomic E-state index is 5.44. The van der Waals surface area contributed by atoms with Crippen molar-refractivity contribution in [3.8, 4) is 0 Å². The van der Waals surface area contributed by atoms with Crippen molar-refractivity contribution in [1.82, 2.24) is 15.2 Å². The van der Waals surface area contributed by atoms with Crippen molar-refractivity contribution in [2.75, 3.05) is 26.0 Å². The lowest BCUT2D eigenvalue weighted by atomic mass is 10.1. The lowest BCUT2D eigenvalue weighted by Crippen LogP contribution is -2.36. The highest BCUT2D eigenvalue weighted by molar-refractivity contribution is 7.80. The summed E-state index contributed by atoms with van der Waals surface area (Å²) in [4.78, 5) is 6.36. The molecule has 5 heteroatoms. The predicted octanol–water partition coefficient (Wildman–Crippen LogP) is 3.29. The van der Waals surface area contributed by atoms with Crippen molar-refractivity contribution >= 4 is 23.0 Å². The summed E-state index contributed by atoms with van der Waals surface area (Å²) in [5.74, 6) is 0. The van der Waals surface area contributed by atoms with Gasteiger partial charge in [0.25, 0.3) is 0 Å². The van der Waals surface area contributed by atoms with E-state index in [9.17, 15) is 0 Å². The number of anilines is 1. The molecule has 1 atom stereocenters. The summed E-state index contributed by atoms with van der Waals surface area (Å²) in [5.41, 5.74) is 4.60. The van der Waals surface area contributed by atoms with Gasteiger partial charge in [0.1, 0.15) is 0 Å². The van der Waals surface area contributed by atoms with Gasteiger partial charge in [0.05, 0.1) is 6.04 Å². The van der Waals surface area contributed by atoms with Crippen molar-refractivity contribution in [2.45, 2.75) is 19.9 Å². The van der Waals surface area contributed by atoms with Gasteiger partial charge in [0, 0.05) is 24.6 Å². The third-order valence-corrected chi connectivity index (χ3v) is 4.04. The van der Waals surface area contributed by atoms with Crippen LogP contribution in [0.3, 0.4) is 0 Å². The number of likely N-dealkylation sites (N-methyl/N-ethyl adjacent to an activating group) is 1. The SMILES string of the molecule is Cc1ccc(C)c(NC(=S)NCC(c2cccnc2)N(C)C)c1. The minimum atomic E-state index is 0.210. The van der Waals surface area contributed by atoms with Gasteiger partial charge in [-0.2, -0.15) is 0 Å². The Morgan fingerprint density at radius 1 is 1.26 bits per heavy atom. The fraction of sp³-hybridized carbons (Fsp3) is 0.333. The van der Waals surface area contributed by atoms with Crippen LogP contribution in [0.1, 0.15) is 22.7 Å². The molecule has 0 saturated heterocycles. The first-order valence-corrected chi connectivity index (χ1v) is 8.06. The number of hydrogen-bond donors (Lipinski definition) is 2. The van der Waals surface area contributed by atoms with E-state index in [2.05, 4.69) is 72.7 Å². The molecule has 0 bridgehead atoms. The standard InChI is InChI=1S/C18H24N4S/c1-13-7-8-14(2)16(10-13)21-18(23)20-12-17(22(3)4)15-6-5-9-19-11-15/h5-11,17H,12H2,1-4H3,(H2,20,21,23). The molecule has 0 spiro atoms. The molecule has 2 rings (SSSR count). The zero-order valence-corrected chi connectivity index (χ0v) is 14.9. The van der Waals surface area contributed by atoms with Crippen LogP contribution in [0.25, 0.3) is 0 Å². The summed E-state index contributed by atoms with van der Waals surface area (Å²) in [6.07, 6.45) is 3.68. The Bertz CT molecular complexity index is 655. The number of aromatic nitrogens is 1. The maximum absolute atomic E-state index is 5.44. The fourth-order valence-electron chi connectivity index (χ4n) is 2.40. The molecule has 0 aliphatic carbocycles. The van der Waals surface area contributed by atoms with E-state index in [-0.39, 0.29) is 6.04 Å². The molecule has 1 aromatic heterocycles. The number of rotatable bonds is 5. The minimum Gasteiger partial charge on any atom is -0.361 e. The van der Waals surface area contributed by atoms with Crippen LogP contribution >= 0.6 is 12.2 Å². The van der Waals surface area contributed by atoms with Gasteiger partial charge >= 0.3 is 0 Å². The number of pyridine rings is 1. The average Bonchev–Trinajstić information content (AvgIpc) is 2.52. The van der Waals surface area contributed by atoms with E-state index in [0.717, 1.165) is 12.2 Å². The Morgan fingerprint density at radius 2 is 2.04 bits per heavy atom. The van der Waals surface area contributed by atoms with Crippen LogP contribution in [-0.2, 0) is 0 Å². The quantitative estimate of drug-likeness (QED) is 0.824. The highest BCUT2D eigenvalue weighted by atomic mass is 32.1. The second-order valence-corrected chi connectivity index (χ2v) is 6.33. The summed E-state index contributed by atoms with van der Waals surface area (Å²) in [6, 6.07) is 10.6. The molecule has 0 amide bonds. The zero-order valence-electron chi connectivity index (χ0n) is 14.1. The van der Waals surface area contributed by atoms with E-state index in [1.54, 1.807) is 6.20 Å². The highest BCUT2D eigenvalue weighted by Gasteiger charge is 2.14. The summed E-state index contributed by atoms with van der Waals surface area (Å²) < 4.78 is 0. The molecule has 1 unspecified atom stereocenters. The largest absolute Gasteiger partial charge is 0.361 e. The Hall–Kier alpha value is -1.98. The van der Waals surface area contributed by atoms with Gasteiger partial charge in [-0.1, -0.05) is 18.2 Å². The predicted molar refractivity (Wildman–Crippen MR) is 101 cm³/mol. The normalized spacial score (nSPS) is 12.0. The summed E-state index contributed by atoms with van der Waals surface area (Å²) in [7, 11) is 4.11. The topological polar surface area (TPSA) is 40.2 Å². The number of benzene rings is 1. The van der Waals surface area contributed by atoms with Crippen LogP contribution in [0.2, 0.25) is 0 Å². The molecule has 0 aliphatic heterocycles. The lowest BCUT2D eigenvalue weighted by Gasteiger charge is -2.25. The van der Waals surface area contributed by atoms with Crippen molar-refractivity contribution in [2.24, 2.45) is 0 Å². The van der Waals surface area contributed by atoms with Crippen molar-refractivity contribution in [3.05, 3.63) is 59.4 Å². The Morgan fingerprint density at radius 3 is 2.70 bits per heavy atom. The summed E-state index contributed by atoms with van der Waals surface area (Å²) >= 11 is 5.44. The van der Waals surface area contributed by atoms with E-state index in [4.69, 9.17) is 12.2 Å². The van der Waals surface area contributed by atoms with Gasteiger partial charge in [-0.3, -0.25) is 4.98 Å². The van der Waals surface area contributed by atoms with Gasteiger partial charge in [0.15, 0.2) is 5.11 Å². The summed E-state index contributed by atoms with van der Waals surface area (Å²) in [6.45, 7) is 4.86. The first-order chi connectivity index (χ1) is 11.0. The van der Waals surface area contributed by atoms with E-state index in [1.165, 1.54) is 16.7 Å². The fourth-order valence-corrected chi connectivity index (χ4v) is 2.59. The summed E-state index contributed by atoms with van der Waals surface area (Å²) in [5, 5.41) is 7.23. The zero-order chi connectivity index (χ0) is 16.8. The molecular formula is C18H24N4S. The van der Waals surface area contributed by atoms with Crippen molar-refractivity contribution < 1.29 is 0 Å². The first kappa shape index (κ1) is 17.4. The van der Waals surface area contributed by atoms with E-state index < -0.39 is 0 Å². The van der Waals surface area contributed by atoms with Crippen LogP contribution in [0.15, 0.2) is 42.7 Å². The third kappa shape index (κ3) is 5.01. The minimum absolute atomic E-state index is 0.210. The first-order valence-electron chi connectivity index (χ1n) is 7.66. The van der Waals surface area contributed by atoms with Crippen LogP contribution in [0, 0.1) is 13.8 Å². The molecule has 2 N–H and O–H groups in total. The second-order valence-electron chi connectivity index (χ2n) is 5.92. The molecular weight excluding hydrogens is 304 g/mol. The van der Waals surface area contributed by atoms with E-state index >= 15 is 0 Å². The second kappa shape index (κ2) is 8.04. The highest BCUT2D eigenvalue weighted by Crippen LogP contribution is 2.17. The van der Waals surface area contributed by atoms with Gasteiger partial charge in [0.2, 0.25) is 0 Å². The number of thiocarbonyl (C=S) groups is 1. The Balaban J connectivity index is 1.98. The van der Waals surface area contributed by atoms with Crippen molar-refractivity contribution in [3.63, 3.8) is 0 Å². The molecule has 122 valence electrons. The van der Waals surface area contributed by atoms with Gasteiger partial charge < -0.3 is 15.5 Å². The third-order valence-electron chi connectivity index (χ3n) is 3.79. The Kier molecular flexibility index (Phi) is 6.07. The molecule has 0 fully saturated rings. The number of hydrogen-bond acceptors (Lipinski definition) is 3. The van der Waals surface area contributed by atoms with E-state index in [1.807, 2.05) is 12.3 Å². The van der Waals surface area contributed by atoms with Crippen molar-refractivity contribution in [1.29, 1.82) is 0 Å². The van der Waals surface area contributed by atoms with Crippen LogP contribution in [0.4, 0.5) is 5.69 Å².